The Kier molecular flexibility index (Phi) is 2.47. The molecule has 0 N–H and O–H groups in total. The van der Waals surface area contributed by atoms with E-state index in [1.807, 2.05) is 18.4 Å². The van der Waals surface area contributed by atoms with Crippen molar-refractivity contribution in [2.24, 2.45) is 0 Å². The Labute approximate surface area is 90.4 Å². The van der Waals surface area contributed by atoms with E-state index in [-0.39, 0.29) is 5.69 Å². The second-order valence-corrected chi connectivity index (χ2v) is 4.03. The van der Waals surface area contributed by atoms with Crippen LogP contribution in [0.1, 0.15) is 5.56 Å². The van der Waals surface area contributed by atoms with Gasteiger partial charge < -0.3 is 0 Å². The predicted molar refractivity (Wildman–Crippen MR) is 58.9 cm³/mol. The first-order valence-corrected chi connectivity index (χ1v) is 5.21. The molecule has 15 heavy (non-hydrogen) atoms. The number of rotatable bonds is 2. The van der Waals surface area contributed by atoms with Crippen LogP contribution < -0.4 is 0 Å². The molecule has 76 valence electrons. The summed E-state index contributed by atoms with van der Waals surface area (Å²) in [6.45, 7) is 1.95. The maximum Gasteiger partial charge on any atom is 0.296 e. The highest BCUT2D eigenvalue weighted by atomic mass is 32.1. The largest absolute Gasteiger partial charge is 0.296 e. The molecule has 5 heteroatoms. The van der Waals surface area contributed by atoms with Crippen LogP contribution in [0.2, 0.25) is 0 Å². The van der Waals surface area contributed by atoms with Crippen LogP contribution in [0.4, 0.5) is 5.69 Å². The first-order valence-electron chi connectivity index (χ1n) is 4.33. The number of thiophene rings is 1. The van der Waals surface area contributed by atoms with Gasteiger partial charge in [0.15, 0.2) is 5.69 Å². The summed E-state index contributed by atoms with van der Waals surface area (Å²) in [6.07, 6.45) is 1.57. The first kappa shape index (κ1) is 9.79. The van der Waals surface area contributed by atoms with Crippen LogP contribution >= 0.6 is 11.3 Å². The van der Waals surface area contributed by atoms with Gasteiger partial charge in [0.25, 0.3) is 5.69 Å². The van der Waals surface area contributed by atoms with E-state index in [0.29, 0.717) is 5.69 Å². The second-order valence-electron chi connectivity index (χ2n) is 3.12. The van der Waals surface area contributed by atoms with Crippen molar-refractivity contribution in [1.82, 2.24) is 4.98 Å². The minimum atomic E-state index is -0.405. The average Bonchev–Trinajstić information content (AvgIpc) is 2.65. The lowest BCUT2D eigenvalue weighted by Crippen LogP contribution is -1.92. The van der Waals surface area contributed by atoms with Crippen LogP contribution in [-0.2, 0) is 0 Å². The summed E-state index contributed by atoms with van der Waals surface area (Å²) in [5, 5.41) is 12.7. The van der Waals surface area contributed by atoms with Crippen molar-refractivity contribution >= 4 is 17.0 Å². The molecule has 0 amide bonds. The maximum atomic E-state index is 10.8. The molecule has 0 atom stereocenters. The molecule has 0 unspecified atom stereocenters. The van der Waals surface area contributed by atoms with E-state index in [0.717, 1.165) is 10.4 Å². The molecule has 4 nitrogen and oxygen atoms in total. The predicted octanol–water partition coefficient (Wildman–Crippen LogP) is 3.03. The molecule has 0 aliphatic carbocycles. The number of hydrogen-bond acceptors (Lipinski definition) is 4. The lowest BCUT2D eigenvalue weighted by Gasteiger charge is -1.97. The van der Waals surface area contributed by atoms with Gasteiger partial charge in [0.2, 0.25) is 0 Å². The van der Waals surface area contributed by atoms with E-state index in [1.165, 1.54) is 17.4 Å². The van der Waals surface area contributed by atoms with Crippen molar-refractivity contribution in [2.45, 2.75) is 6.92 Å². The highest BCUT2D eigenvalue weighted by molar-refractivity contribution is 7.13. The Bertz CT molecular complexity index is 508. The molecule has 2 heterocycles. The minimum absolute atomic E-state index is 0.0550. The van der Waals surface area contributed by atoms with Crippen LogP contribution in [-0.4, -0.2) is 9.91 Å². The third kappa shape index (κ3) is 1.87. The van der Waals surface area contributed by atoms with Crippen LogP contribution in [0.5, 0.6) is 0 Å². The molecule has 2 aromatic heterocycles. The summed E-state index contributed by atoms with van der Waals surface area (Å²) < 4.78 is 0. The molecule has 0 aromatic carbocycles. The lowest BCUT2D eigenvalue weighted by atomic mass is 10.2. The van der Waals surface area contributed by atoms with Gasteiger partial charge >= 0.3 is 0 Å². The lowest BCUT2D eigenvalue weighted by molar-refractivity contribution is -0.384. The number of aromatic nitrogens is 1. The van der Waals surface area contributed by atoms with Gasteiger partial charge in [0.05, 0.1) is 9.80 Å². The number of aryl methyl sites for hydroxylation is 1. The van der Waals surface area contributed by atoms with Crippen molar-refractivity contribution in [1.29, 1.82) is 0 Å². The third-order valence-corrected chi connectivity index (χ3v) is 3.00. The number of nitro groups is 1. The quantitative estimate of drug-likeness (QED) is 0.577. The molecule has 0 aliphatic heterocycles. The molecule has 0 saturated heterocycles. The average molecular weight is 220 g/mol. The minimum Gasteiger partial charge on any atom is -0.258 e. The maximum absolute atomic E-state index is 10.8. The van der Waals surface area contributed by atoms with Crippen molar-refractivity contribution in [3.63, 3.8) is 0 Å². The third-order valence-electron chi connectivity index (χ3n) is 1.95. The van der Waals surface area contributed by atoms with Crippen LogP contribution in [0.25, 0.3) is 10.6 Å². The van der Waals surface area contributed by atoms with E-state index in [2.05, 4.69) is 4.98 Å². The summed E-state index contributed by atoms with van der Waals surface area (Å²) in [5.74, 6) is 0. The summed E-state index contributed by atoms with van der Waals surface area (Å²) in [6, 6.07) is 4.94. The molecule has 2 rings (SSSR count). The van der Waals surface area contributed by atoms with Gasteiger partial charge in [-0.05, 0) is 30.0 Å². The Morgan fingerprint density at radius 2 is 2.33 bits per heavy atom. The first-order chi connectivity index (χ1) is 7.18. The molecular weight excluding hydrogens is 212 g/mol. The monoisotopic (exact) mass is 220 g/mol. The standard InChI is InChI=1S/C10H8N2O2S/c1-7-5-9(15-6-7)10-8(12(13)14)3-2-4-11-10/h2-6H,1H3. The Morgan fingerprint density at radius 1 is 1.53 bits per heavy atom. The normalized spacial score (nSPS) is 10.2. The highest BCUT2D eigenvalue weighted by Gasteiger charge is 2.16. The van der Waals surface area contributed by atoms with E-state index in [1.54, 1.807) is 12.3 Å². The fraction of sp³-hybridized carbons (Fsp3) is 0.100. The smallest absolute Gasteiger partial charge is 0.258 e. The van der Waals surface area contributed by atoms with Gasteiger partial charge in [0.1, 0.15) is 0 Å². The fourth-order valence-corrected chi connectivity index (χ4v) is 2.19. The molecule has 0 fully saturated rings. The Morgan fingerprint density at radius 3 is 2.93 bits per heavy atom. The molecular formula is C10H8N2O2S. The summed E-state index contributed by atoms with van der Waals surface area (Å²) in [7, 11) is 0. The molecule has 0 radical (unpaired) electrons. The fourth-order valence-electron chi connectivity index (χ4n) is 1.29. The second kappa shape index (κ2) is 3.78. The number of pyridine rings is 1. The van der Waals surface area contributed by atoms with Crippen LogP contribution in [0.3, 0.4) is 0 Å². The number of nitrogens with zero attached hydrogens (tertiary/aromatic N) is 2. The zero-order valence-electron chi connectivity index (χ0n) is 8.01. The molecule has 0 saturated carbocycles. The number of hydrogen-bond donors (Lipinski definition) is 0. The van der Waals surface area contributed by atoms with Crippen molar-refractivity contribution in [3.8, 4) is 10.6 Å². The zero-order valence-corrected chi connectivity index (χ0v) is 8.82. The summed E-state index contributed by atoms with van der Waals surface area (Å²) in [5.41, 5.74) is 1.59. The van der Waals surface area contributed by atoms with Gasteiger partial charge in [-0.1, -0.05) is 0 Å². The molecule has 0 spiro atoms. The SMILES string of the molecule is Cc1csc(-c2ncccc2[N+](=O)[O-])c1. The summed E-state index contributed by atoms with van der Waals surface area (Å²) >= 11 is 1.47. The zero-order chi connectivity index (χ0) is 10.8. The Hall–Kier alpha value is -1.75. The van der Waals surface area contributed by atoms with E-state index in [9.17, 15) is 10.1 Å². The molecule has 0 bridgehead atoms. The van der Waals surface area contributed by atoms with Crippen molar-refractivity contribution in [3.05, 3.63) is 45.5 Å². The van der Waals surface area contributed by atoms with Gasteiger partial charge in [-0.25, -0.2) is 4.98 Å². The van der Waals surface area contributed by atoms with Gasteiger partial charge in [-0.15, -0.1) is 11.3 Å². The molecule has 0 aliphatic rings. The Balaban J connectivity index is 2.57. The van der Waals surface area contributed by atoms with Crippen molar-refractivity contribution < 1.29 is 4.92 Å². The van der Waals surface area contributed by atoms with Crippen LogP contribution in [0, 0.1) is 17.0 Å². The van der Waals surface area contributed by atoms with Crippen LogP contribution in [0.15, 0.2) is 29.8 Å². The summed E-state index contributed by atoms with van der Waals surface area (Å²) in [4.78, 5) is 15.3. The van der Waals surface area contributed by atoms with Gasteiger partial charge in [-0.2, -0.15) is 0 Å². The van der Waals surface area contributed by atoms with Gasteiger partial charge in [0, 0.05) is 12.3 Å². The van der Waals surface area contributed by atoms with Crippen molar-refractivity contribution in [2.75, 3.05) is 0 Å². The topological polar surface area (TPSA) is 56.0 Å². The van der Waals surface area contributed by atoms with E-state index in [4.69, 9.17) is 0 Å². The van der Waals surface area contributed by atoms with E-state index >= 15 is 0 Å². The van der Waals surface area contributed by atoms with E-state index < -0.39 is 4.92 Å². The van der Waals surface area contributed by atoms with Gasteiger partial charge in [-0.3, -0.25) is 10.1 Å². The molecule has 2 aromatic rings. The highest BCUT2D eigenvalue weighted by Crippen LogP contribution is 2.31.